The van der Waals surface area contributed by atoms with Gasteiger partial charge in [0.1, 0.15) is 3.23 Å². The topological polar surface area (TPSA) is 26.3 Å². The molecule has 0 rings (SSSR count). The number of alkyl halides is 4. The first-order valence-corrected chi connectivity index (χ1v) is 12.8. The van der Waals surface area contributed by atoms with Gasteiger partial charge in [-0.2, -0.15) is 0 Å². The number of ether oxygens (including phenoxy) is 1. The van der Waals surface area contributed by atoms with E-state index >= 15 is 0 Å². The summed E-state index contributed by atoms with van der Waals surface area (Å²) in [5.41, 5.74) is 0. The van der Waals surface area contributed by atoms with Crippen molar-refractivity contribution < 1.29 is 9.53 Å². The number of rotatable bonds is 16. The maximum absolute atomic E-state index is 11.8. The highest BCUT2D eigenvalue weighted by molar-refractivity contribution is 9.30. The Morgan fingerprint density at radius 1 is 0.720 bits per heavy atom. The predicted molar refractivity (Wildman–Crippen MR) is 123 cm³/mol. The van der Waals surface area contributed by atoms with Gasteiger partial charge in [0.05, 0.1) is 7.11 Å². The van der Waals surface area contributed by atoms with E-state index in [9.17, 15) is 4.79 Å². The van der Waals surface area contributed by atoms with E-state index in [4.69, 9.17) is 4.74 Å². The third-order valence-electron chi connectivity index (χ3n) is 4.50. The van der Waals surface area contributed by atoms with Gasteiger partial charge in [0.25, 0.3) is 0 Å². The zero-order valence-electron chi connectivity index (χ0n) is 15.7. The summed E-state index contributed by atoms with van der Waals surface area (Å²) in [6.07, 6.45) is 18.2. The van der Waals surface area contributed by atoms with Crippen molar-refractivity contribution in [2.24, 2.45) is 0 Å². The maximum atomic E-state index is 11.8. The van der Waals surface area contributed by atoms with Gasteiger partial charge in [-0.25, -0.2) is 4.79 Å². The molecule has 2 nitrogen and oxygen atoms in total. The second-order valence-electron chi connectivity index (χ2n) is 6.76. The molecule has 0 unspecified atom stereocenters. The molecular formula is C19H34Br4O2. The number of hydrogen-bond donors (Lipinski definition) is 0. The zero-order chi connectivity index (χ0) is 19.2. The molecule has 0 spiro atoms. The van der Waals surface area contributed by atoms with Crippen LogP contribution in [0.3, 0.4) is 0 Å². The summed E-state index contributed by atoms with van der Waals surface area (Å²) >= 11 is 14.0. The molecule has 0 fully saturated rings. The van der Waals surface area contributed by atoms with Crippen LogP contribution in [0.2, 0.25) is 0 Å². The molecule has 150 valence electrons. The van der Waals surface area contributed by atoms with E-state index in [0.717, 1.165) is 12.8 Å². The Morgan fingerprint density at radius 2 is 1.08 bits per heavy atom. The molecule has 0 saturated carbocycles. The molecular weight excluding hydrogens is 580 g/mol. The average molecular weight is 614 g/mol. The first kappa shape index (κ1) is 26.4. The summed E-state index contributed by atoms with van der Waals surface area (Å²) in [5, 5.41) is 0. The molecule has 0 heterocycles. The van der Waals surface area contributed by atoms with Gasteiger partial charge < -0.3 is 4.74 Å². The SMILES string of the molecule is CCCCCCCCCCCCCCCC(Br)(Br)C(Br)(Br)C(=O)OC. The van der Waals surface area contributed by atoms with Gasteiger partial charge in [0.15, 0.2) is 0 Å². The Bertz CT molecular complexity index is 346. The van der Waals surface area contributed by atoms with Gasteiger partial charge in [0.2, 0.25) is 3.23 Å². The van der Waals surface area contributed by atoms with Crippen LogP contribution in [-0.4, -0.2) is 19.5 Å². The summed E-state index contributed by atoms with van der Waals surface area (Å²) in [4.78, 5) is 11.8. The van der Waals surface area contributed by atoms with Crippen LogP contribution in [0.5, 0.6) is 0 Å². The smallest absolute Gasteiger partial charge is 0.335 e. The first-order chi connectivity index (χ1) is 11.8. The fraction of sp³-hybridized carbons (Fsp3) is 0.947. The normalized spacial score (nSPS) is 12.4. The Labute approximate surface area is 188 Å². The van der Waals surface area contributed by atoms with Gasteiger partial charge in [-0.3, -0.25) is 0 Å². The average Bonchev–Trinajstić information content (AvgIpc) is 2.57. The van der Waals surface area contributed by atoms with Crippen molar-refractivity contribution in [3.8, 4) is 0 Å². The van der Waals surface area contributed by atoms with E-state index in [0.29, 0.717) is 0 Å². The minimum absolute atomic E-state index is 0.351. The molecule has 25 heavy (non-hydrogen) atoms. The molecule has 0 bridgehead atoms. The van der Waals surface area contributed by atoms with Crippen LogP contribution >= 0.6 is 63.7 Å². The van der Waals surface area contributed by atoms with Crippen LogP contribution in [0.15, 0.2) is 0 Å². The van der Waals surface area contributed by atoms with Gasteiger partial charge in [-0.1, -0.05) is 154 Å². The Kier molecular flexibility index (Phi) is 16.2. The number of hydrogen-bond acceptors (Lipinski definition) is 2. The molecule has 0 atom stereocenters. The number of esters is 1. The number of carbonyl (C=O) groups excluding carboxylic acids is 1. The molecule has 0 aromatic carbocycles. The van der Waals surface area contributed by atoms with Gasteiger partial charge in [-0.15, -0.1) is 0 Å². The van der Waals surface area contributed by atoms with E-state index in [1.807, 2.05) is 0 Å². The van der Waals surface area contributed by atoms with E-state index in [2.05, 4.69) is 70.6 Å². The molecule has 0 amide bonds. The summed E-state index contributed by atoms with van der Waals surface area (Å²) in [6.45, 7) is 2.27. The second kappa shape index (κ2) is 15.3. The minimum atomic E-state index is -0.959. The summed E-state index contributed by atoms with van der Waals surface area (Å²) in [6, 6.07) is 0. The third-order valence-corrected chi connectivity index (χ3v) is 10.6. The van der Waals surface area contributed by atoms with Crippen molar-refractivity contribution >= 4 is 69.7 Å². The van der Waals surface area contributed by atoms with E-state index in [-0.39, 0.29) is 5.97 Å². The lowest BCUT2D eigenvalue weighted by Gasteiger charge is -2.32. The van der Waals surface area contributed by atoms with Crippen molar-refractivity contribution in [2.75, 3.05) is 7.11 Å². The Balaban J connectivity index is 3.59. The molecule has 0 aromatic heterocycles. The van der Waals surface area contributed by atoms with Gasteiger partial charge in [-0.05, 0) is 6.42 Å². The molecule has 0 saturated heterocycles. The quantitative estimate of drug-likeness (QED) is 0.0990. The van der Waals surface area contributed by atoms with E-state index in [1.165, 1.54) is 84.2 Å². The molecule has 0 N–H and O–H groups in total. The Morgan fingerprint density at radius 3 is 1.44 bits per heavy atom. The lowest BCUT2D eigenvalue weighted by Crippen LogP contribution is -2.42. The molecule has 0 aromatic rings. The molecule has 0 radical (unpaired) electrons. The second-order valence-corrected chi connectivity index (χ2v) is 14.0. The fourth-order valence-electron chi connectivity index (χ4n) is 2.80. The Hall–Kier alpha value is 1.39. The van der Waals surface area contributed by atoms with Crippen molar-refractivity contribution in [2.45, 2.75) is 103 Å². The van der Waals surface area contributed by atoms with Crippen LogP contribution in [0, 0.1) is 0 Å². The van der Waals surface area contributed by atoms with Gasteiger partial charge >= 0.3 is 5.97 Å². The molecule has 0 aliphatic carbocycles. The van der Waals surface area contributed by atoms with Crippen LogP contribution in [0.4, 0.5) is 0 Å². The zero-order valence-corrected chi connectivity index (χ0v) is 22.1. The van der Waals surface area contributed by atoms with Crippen LogP contribution < -0.4 is 0 Å². The number of halogens is 4. The van der Waals surface area contributed by atoms with Crippen molar-refractivity contribution in [3.05, 3.63) is 0 Å². The largest absolute Gasteiger partial charge is 0.467 e. The third kappa shape index (κ3) is 11.7. The molecule has 0 aliphatic heterocycles. The van der Waals surface area contributed by atoms with E-state index in [1.54, 1.807) is 0 Å². The predicted octanol–water partition coefficient (Wildman–Crippen LogP) is 8.61. The highest BCUT2D eigenvalue weighted by Crippen LogP contribution is 2.52. The van der Waals surface area contributed by atoms with Crippen LogP contribution in [0.1, 0.15) is 96.8 Å². The van der Waals surface area contributed by atoms with Crippen LogP contribution in [0.25, 0.3) is 0 Å². The summed E-state index contributed by atoms with van der Waals surface area (Å²) in [5.74, 6) is -0.351. The fourth-order valence-corrected chi connectivity index (χ4v) is 4.40. The van der Waals surface area contributed by atoms with Gasteiger partial charge in [0, 0.05) is 0 Å². The maximum Gasteiger partial charge on any atom is 0.335 e. The van der Waals surface area contributed by atoms with Crippen molar-refractivity contribution in [1.29, 1.82) is 0 Å². The van der Waals surface area contributed by atoms with Crippen molar-refractivity contribution in [3.63, 3.8) is 0 Å². The summed E-state index contributed by atoms with van der Waals surface area (Å²) in [7, 11) is 1.39. The minimum Gasteiger partial charge on any atom is -0.467 e. The number of carbonyl (C=O) groups is 1. The lowest BCUT2D eigenvalue weighted by atomic mass is 10.0. The highest BCUT2D eigenvalue weighted by Gasteiger charge is 2.51. The molecule has 6 heteroatoms. The number of unbranched alkanes of at least 4 members (excludes halogenated alkanes) is 12. The lowest BCUT2D eigenvalue weighted by molar-refractivity contribution is -0.140. The first-order valence-electron chi connectivity index (χ1n) is 9.63. The monoisotopic (exact) mass is 610 g/mol. The van der Waals surface area contributed by atoms with E-state index < -0.39 is 6.47 Å². The van der Waals surface area contributed by atoms with Crippen LogP contribution in [-0.2, 0) is 9.53 Å². The standard InChI is InChI=1S/C19H34Br4O2/c1-3-4-5-6-7-8-9-10-11-12-13-14-15-16-18(20,21)19(22,23)17(24)25-2/h3-16H2,1-2H3. The number of methoxy groups -OCH3 is 1. The summed E-state index contributed by atoms with van der Waals surface area (Å²) < 4.78 is 3.31. The van der Waals surface area contributed by atoms with Crippen molar-refractivity contribution in [1.82, 2.24) is 0 Å². The highest BCUT2D eigenvalue weighted by atomic mass is 79.9. The molecule has 0 aliphatic rings.